The van der Waals surface area contributed by atoms with Crippen molar-refractivity contribution < 1.29 is 4.94 Å². The van der Waals surface area contributed by atoms with Gasteiger partial charge in [0.25, 0.3) is 0 Å². The highest BCUT2D eigenvalue weighted by atomic mass is 16.8. The molecule has 0 saturated carbocycles. The third-order valence-electron chi connectivity index (χ3n) is 2.65. The minimum absolute atomic E-state index is 0.340. The van der Waals surface area contributed by atoms with Crippen LogP contribution in [0.15, 0.2) is 29.5 Å². The van der Waals surface area contributed by atoms with Crippen LogP contribution in [0.3, 0.4) is 0 Å². The van der Waals surface area contributed by atoms with Crippen molar-refractivity contribution in [3.8, 4) is 0 Å². The number of nitrogens with one attached hydrogen (secondary N) is 1. The Kier molecular flexibility index (Phi) is 3.44. The molecule has 2 aromatic rings. The van der Waals surface area contributed by atoms with Crippen molar-refractivity contribution in [1.29, 1.82) is 0 Å². The smallest absolute Gasteiger partial charge is 0.149 e. The van der Waals surface area contributed by atoms with E-state index in [0.29, 0.717) is 17.2 Å². The minimum atomic E-state index is 0.340. The van der Waals surface area contributed by atoms with Crippen molar-refractivity contribution >= 4 is 28.1 Å². The number of para-hydroxylation sites is 1. The number of nitrogens with zero attached hydrogens (tertiary/aromatic N) is 5. The zero-order valence-corrected chi connectivity index (χ0v) is 10.5. The van der Waals surface area contributed by atoms with Crippen LogP contribution in [0.4, 0.5) is 17.2 Å². The Balaban J connectivity index is 2.69. The van der Waals surface area contributed by atoms with Gasteiger partial charge in [-0.25, -0.2) is 10.0 Å². The fraction of sp³-hybridized carbons (Fsp3) is 0.182. The van der Waals surface area contributed by atoms with Crippen LogP contribution >= 0.6 is 0 Å². The van der Waals surface area contributed by atoms with E-state index < -0.39 is 0 Å². The zero-order valence-electron chi connectivity index (χ0n) is 10.5. The molecule has 0 aliphatic rings. The topological polar surface area (TPSA) is 112 Å². The van der Waals surface area contributed by atoms with E-state index in [-0.39, 0.29) is 0 Å². The molecule has 0 unspecified atom stereocenters. The van der Waals surface area contributed by atoms with E-state index >= 15 is 0 Å². The van der Waals surface area contributed by atoms with Gasteiger partial charge in [0.15, 0.2) is 0 Å². The molecule has 3 N–H and O–H groups in total. The number of pyridine rings is 1. The molecule has 1 heterocycles. The number of aromatic nitrogens is 1. The van der Waals surface area contributed by atoms with Crippen molar-refractivity contribution in [3.63, 3.8) is 0 Å². The number of benzene rings is 1. The van der Waals surface area contributed by atoms with Crippen LogP contribution in [-0.4, -0.2) is 19.1 Å². The highest BCUT2D eigenvalue weighted by molar-refractivity contribution is 6.01. The first kappa shape index (κ1) is 12.6. The van der Waals surface area contributed by atoms with Crippen molar-refractivity contribution in [2.75, 3.05) is 30.2 Å². The summed E-state index contributed by atoms with van der Waals surface area (Å²) in [5, 5.41) is 8.22. The van der Waals surface area contributed by atoms with Gasteiger partial charge in [-0.2, -0.15) is 0 Å². The van der Waals surface area contributed by atoms with E-state index in [9.17, 15) is 0 Å². The van der Waals surface area contributed by atoms with Gasteiger partial charge in [0, 0.05) is 24.4 Å². The van der Waals surface area contributed by atoms with Gasteiger partial charge in [0.1, 0.15) is 22.5 Å². The Morgan fingerprint density at radius 2 is 2.21 bits per heavy atom. The van der Waals surface area contributed by atoms with Gasteiger partial charge in [-0.1, -0.05) is 18.2 Å². The van der Waals surface area contributed by atoms with Crippen LogP contribution in [0.25, 0.3) is 21.3 Å². The number of nitrogens with two attached hydrogens (primary N) is 1. The predicted molar refractivity (Wildman–Crippen MR) is 74.3 cm³/mol. The summed E-state index contributed by atoms with van der Waals surface area (Å²) < 4.78 is 0. The van der Waals surface area contributed by atoms with Gasteiger partial charge in [-0.05, 0) is 11.6 Å². The van der Waals surface area contributed by atoms with Gasteiger partial charge < -0.3 is 16.0 Å². The van der Waals surface area contributed by atoms with E-state index in [1.807, 2.05) is 24.3 Å². The Morgan fingerprint density at radius 1 is 1.47 bits per heavy atom. The predicted octanol–water partition coefficient (Wildman–Crippen LogP) is 2.45. The molecule has 0 fully saturated rings. The van der Waals surface area contributed by atoms with E-state index in [2.05, 4.69) is 20.5 Å². The van der Waals surface area contributed by atoms with Gasteiger partial charge in [-0.3, -0.25) is 0 Å². The van der Waals surface area contributed by atoms with Crippen molar-refractivity contribution in [1.82, 2.24) is 4.98 Å². The Bertz CT molecular complexity index is 651. The second-order valence-electron chi connectivity index (χ2n) is 3.74. The zero-order chi connectivity index (χ0) is 13.8. The van der Waals surface area contributed by atoms with Gasteiger partial charge in [-0.15, -0.1) is 0 Å². The lowest BCUT2D eigenvalue weighted by Gasteiger charge is -2.21. The Labute approximate surface area is 109 Å². The first-order valence-electron chi connectivity index (χ1n) is 5.50. The third-order valence-corrected chi connectivity index (χ3v) is 2.65. The molecule has 1 aromatic heterocycles. The summed E-state index contributed by atoms with van der Waals surface area (Å²) in [4.78, 5) is 11.8. The molecular weight excluding hydrogens is 246 g/mol. The maximum atomic E-state index is 8.31. The number of fused-ring (bicyclic) bond motifs is 1. The summed E-state index contributed by atoms with van der Waals surface area (Å²) in [7, 11) is 3.35. The first-order valence-corrected chi connectivity index (χ1v) is 5.50. The second-order valence-corrected chi connectivity index (χ2v) is 3.74. The molecule has 0 aliphatic heterocycles. The van der Waals surface area contributed by atoms with Crippen LogP contribution in [0.5, 0.6) is 0 Å². The molecule has 0 amide bonds. The molecule has 8 nitrogen and oxygen atoms in total. The minimum Gasteiger partial charge on any atom is -0.383 e. The number of azide groups is 1. The Hall–Kier alpha value is -2.86. The largest absolute Gasteiger partial charge is 0.383 e. The van der Waals surface area contributed by atoms with Crippen LogP contribution in [0, 0.1) is 0 Å². The Morgan fingerprint density at radius 3 is 2.89 bits per heavy atom. The highest BCUT2D eigenvalue weighted by Crippen LogP contribution is 2.36. The summed E-state index contributed by atoms with van der Waals surface area (Å²) >= 11 is 0. The lowest BCUT2D eigenvalue weighted by atomic mass is 10.1. The number of hydroxylamine groups is 1. The third kappa shape index (κ3) is 2.24. The summed E-state index contributed by atoms with van der Waals surface area (Å²) in [6.07, 6.45) is 0. The average Bonchev–Trinajstić information content (AvgIpc) is 2.43. The maximum Gasteiger partial charge on any atom is 0.149 e. The lowest BCUT2D eigenvalue weighted by Crippen LogP contribution is -2.17. The molecule has 0 bridgehead atoms. The molecule has 0 spiro atoms. The number of hydrogen-bond donors (Lipinski definition) is 2. The van der Waals surface area contributed by atoms with Crippen LogP contribution in [-0.2, 0) is 4.94 Å². The second kappa shape index (κ2) is 5.19. The molecule has 98 valence electrons. The van der Waals surface area contributed by atoms with E-state index in [4.69, 9.17) is 16.2 Å². The molecule has 0 saturated heterocycles. The number of nitrogen functional groups attached to an aromatic ring is 1. The molecule has 0 radical (unpaired) electrons. The fourth-order valence-electron chi connectivity index (χ4n) is 1.90. The highest BCUT2D eigenvalue weighted by Gasteiger charge is 2.16. The summed E-state index contributed by atoms with van der Waals surface area (Å²) in [5.74, 6) is 0.340. The van der Waals surface area contributed by atoms with Crippen molar-refractivity contribution in [3.05, 3.63) is 34.7 Å². The quantitative estimate of drug-likeness (QED) is 0.379. The first-order chi connectivity index (χ1) is 9.19. The average molecular weight is 259 g/mol. The molecule has 0 atom stereocenters. The van der Waals surface area contributed by atoms with E-state index in [1.165, 1.54) is 5.06 Å². The number of rotatable bonds is 4. The SMILES string of the molecule is CNc1c(N)nc2ccccc2c1N(C)ON=[N+]=[N-]. The molecule has 0 aliphatic carbocycles. The molecule has 2 rings (SSSR count). The maximum absolute atomic E-state index is 8.31. The van der Waals surface area contributed by atoms with E-state index in [1.54, 1.807) is 14.1 Å². The summed E-state index contributed by atoms with van der Waals surface area (Å²) in [6, 6.07) is 7.47. The standard InChI is InChI=1S/C11H13N7O/c1-14-9-10(18(2)19-17-16-13)7-5-3-4-6-8(7)15-11(9)12/h3-6,14H,1-2H3,(H2,12,15). The number of anilines is 3. The van der Waals surface area contributed by atoms with Crippen LogP contribution < -0.4 is 16.1 Å². The molecule has 1 aromatic carbocycles. The number of hydrogen-bond acceptors (Lipinski definition) is 6. The van der Waals surface area contributed by atoms with Gasteiger partial charge >= 0.3 is 0 Å². The fourth-order valence-corrected chi connectivity index (χ4v) is 1.90. The summed E-state index contributed by atoms with van der Waals surface area (Å²) in [5.41, 5.74) is 16.2. The van der Waals surface area contributed by atoms with E-state index in [0.717, 1.165) is 10.9 Å². The monoisotopic (exact) mass is 259 g/mol. The molecular formula is C11H13N7O. The lowest BCUT2D eigenvalue weighted by molar-refractivity contribution is 0.126. The normalized spacial score (nSPS) is 9.79. The van der Waals surface area contributed by atoms with Crippen LogP contribution in [0.2, 0.25) is 0 Å². The molecule has 8 heteroatoms. The van der Waals surface area contributed by atoms with Crippen molar-refractivity contribution in [2.24, 2.45) is 5.28 Å². The van der Waals surface area contributed by atoms with Crippen molar-refractivity contribution in [2.45, 2.75) is 0 Å². The van der Waals surface area contributed by atoms with Gasteiger partial charge in [0.2, 0.25) is 0 Å². The van der Waals surface area contributed by atoms with Gasteiger partial charge in [0.05, 0.1) is 5.52 Å². The van der Waals surface area contributed by atoms with Crippen LogP contribution in [0.1, 0.15) is 0 Å². The molecule has 19 heavy (non-hydrogen) atoms. The summed E-state index contributed by atoms with van der Waals surface area (Å²) in [6.45, 7) is 0.